The lowest BCUT2D eigenvalue weighted by Crippen LogP contribution is -2.19. The number of nitrogens with zero attached hydrogens (tertiary/aromatic N) is 3. The lowest BCUT2D eigenvalue weighted by atomic mass is 10.1. The summed E-state index contributed by atoms with van der Waals surface area (Å²) in [6.45, 7) is 1.93. The summed E-state index contributed by atoms with van der Waals surface area (Å²) in [4.78, 5) is 24.0. The molecule has 2 amide bonds. The summed E-state index contributed by atoms with van der Waals surface area (Å²) in [5, 5.41) is 23.8. The number of rotatable bonds is 7. The number of carboxylic acid groups (broad SMARTS) is 1. The molecular formula is C27H24ClN5O4. The van der Waals surface area contributed by atoms with Crippen LogP contribution in [-0.2, 0) is 7.05 Å². The number of nitrogens with one attached hydrogen (secondary N) is 2. The van der Waals surface area contributed by atoms with Crippen LogP contribution in [0.3, 0.4) is 0 Å². The van der Waals surface area contributed by atoms with E-state index in [4.69, 9.17) is 16.3 Å². The van der Waals surface area contributed by atoms with Crippen molar-refractivity contribution in [3.05, 3.63) is 88.2 Å². The highest BCUT2D eigenvalue weighted by Gasteiger charge is 2.13. The minimum Gasteiger partial charge on any atom is -0.495 e. The van der Waals surface area contributed by atoms with E-state index in [-0.39, 0.29) is 5.56 Å². The Balaban J connectivity index is 1.48. The number of hydrogen-bond donors (Lipinski definition) is 3. The molecule has 37 heavy (non-hydrogen) atoms. The molecule has 4 aromatic rings. The number of carbonyl (C=O) groups excluding carboxylic acids is 1. The SMILES string of the molecule is COc1ccc(C)cc1NC(=O)Nc1ccc(-c2nnc(/C=C/c3c(Cl)cccc3C(=O)O)n2C)cc1. The van der Waals surface area contributed by atoms with Crippen LogP contribution >= 0.6 is 11.6 Å². The number of benzene rings is 3. The first kappa shape index (κ1) is 25.5. The first-order chi connectivity index (χ1) is 17.8. The molecule has 1 aromatic heterocycles. The molecule has 3 N–H and O–H groups in total. The molecule has 0 spiro atoms. The molecule has 0 unspecified atom stereocenters. The minimum absolute atomic E-state index is 0.0964. The summed E-state index contributed by atoms with van der Waals surface area (Å²) >= 11 is 6.20. The van der Waals surface area contributed by atoms with Crippen LogP contribution in [0, 0.1) is 6.92 Å². The monoisotopic (exact) mass is 517 g/mol. The number of ether oxygens (including phenoxy) is 1. The summed E-state index contributed by atoms with van der Waals surface area (Å²) < 4.78 is 7.07. The van der Waals surface area contributed by atoms with Gasteiger partial charge in [0.05, 0.1) is 18.4 Å². The van der Waals surface area contributed by atoms with Gasteiger partial charge in [0.2, 0.25) is 0 Å². The lowest BCUT2D eigenvalue weighted by Gasteiger charge is -2.12. The Labute approximate surface area is 218 Å². The number of methoxy groups -OCH3 is 1. The van der Waals surface area contributed by atoms with Crippen LogP contribution in [0.4, 0.5) is 16.2 Å². The maximum atomic E-state index is 12.5. The largest absolute Gasteiger partial charge is 0.495 e. The number of amides is 2. The maximum absolute atomic E-state index is 12.5. The number of aromatic nitrogens is 3. The average Bonchev–Trinajstić information content (AvgIpc) is 3.23. The third kappa shape index (κ3) is 5.79. The predicted octanol–water partition coefficient (Wildman–Crippen LogP) is 5.97. The number of aromatic carboxylic acids is 1. The number of hydrogen-bond acceptors (Lipinski definition) is 5. The summed E-state index contributed by atoms with van der Waals surface area (Å²) in [5.74, 6) is 0.607. The van der Waals surface area contributed by atoms with Crippen LogP contribution in [-0.4, -0.2) is 39.0 Å². The van der Waals surface area contributed by atoms with E-state index in [1.54, 1.807) is 61.2 Å². The molecule has 0 aliphatic heterocycles. The smallest absolute Gasteiger partial charge is 0.336 e. The molecule has 9 nitrogen and oxygen atoms in total. The molecule has 0 atom stereocenters. The van der Waals surface area contributed by atoms with Gasteiger partial charge in [-0.3, -0.25) is 0 Å². The fraction of sp³-hybridized carbons (Fsp3) is 0.111. The Hall–Kier alpha value is -4.63. The van der Waals surface area contributed by atoms with E-state index < -0.39 is 12.0 Å². The summed E-state index contributed by atoms with van der Waals surface area (Å²) in [5.41, 5.74) is 3.42. The summed E-state index contributed by atoms with van der Waals surface area (Å²) in [6, 6.07) is 17.0. The molecule has 0 fully saturated rings. The van der Waals surface area contributed by atoms with Crippen LogP contribution in [0.1, 0.15) is 27.3 Å². The molecule has 188 valence electrons. The van der Waals surface area contributed by atoms with Gasteiger partial charge in [0, 0.05) is 28.9 Å². The van der Waals surface area contributed by atoms with Gasteiger partial charge in [0.15, 0.2) is 11.6 Å². The van der Waals surface area contributed by atoms with Crippen LogP contribution in [0.15, 0.2) is 60.7 Å². The number of aryl methyl sites for hydroxylation is 1. The van der Waals surface area contributed by atoms with E-state index in [9.17, 15) is 14.7 Å². The second kappa shape index (κ2) is 11.0. The highest BCUT2D eigenvalue weighted by molar-refractivity contribution is 6.32. The van der Waals surface area contributed by atoms with Crippen molar-refractivity contribution in [1.29, 1.82) is 0 Å². The van der Waals surface area contributed by atoms with Crippen molar-refractivity contribution in [2.75, 3.05) is 17.7 Å². The van der Waals surface area contributed by atoms with Crippen molar-refractivity contribution in [2.24, 2.45) is 7.05 Å². The third-order valence-electron chi connectivity index (χ3n) is 5.60. The van der Waals surface area contributed by atoms with Gasteiger partial charge < -0.3 is 25.0 Å². The van der Waals surface area contributed by atoms with Crippen LogP contribution in [0.25, 0.3) is 23.5 Å². The molecule has 1 heterocycles. The molecular weight excluding hydrogens is 494 g/mol. The van der Waals surface area contributed by atoms with Crippen LogP contribution in [0.2, 0.25) is 5.02 Å². The normalized spacial score (nSPS) is 10.9. The maximum Gasteiger partial charge on any atom is 0.336 e. The highest BCUT2D eigenvalue weighted by atomic mass is 35.5. The van der Waals surface area contributed by atoms with Crippen LogP contribution < -0.4 is 15.4 Å². The van der Waals surface area contributed by atoms with Crippen LogP contribution in [0.5, 0.6) is 5.75 Å². The van der Waals surface area contributed by atoms with Gasteiger partial charge in [-0.1, -0.05) is 23.7 Å². The standard InChI is InChI=1S/C27H24ClN5O4/c1-16-7-13-23(37-3)22(15-16)30-27(36)29-18-10-8-17(9-11-18)25-32-31-24(33(25)2)14-12-19-20(26(34)35)5-4-6-21(19)28/h4-15H,1-3H3,(H,34,35)(H2,29,30,36)/b14-12+. The van der Waals surface area contributed by atoms with Gasteiger partial charge in [-0.25, -0.2) is 9.59 Å². The van der Waals surface area contributed by atoms with Crippen molar-refractivity contribution in [2.45, 2.75) is 6.92 Å². The van der Waals surface area contributed by atoms with E-state index in [2.05, 4.69) is 20.8 Å². The molecule has 4 rings (SSSR count). The van der Waals surface area contributed by atoms with Crippen molar-refractivity contribution < 1.29 is 19.4 Å². The quantitative estimate of drug-likeness (QED) is 0.278. The predicted molar refractivity (Wildman–Crippen MR) is 144 cm³/mol. The fourth-order valence-corrected chi connectivity index (χ4v) is 3.93. The van der Waals surface area contributed by atoms with Crippen molar-refractivity contribution in [3.8, 4) is 17.1 Å². The lowest BCUT2D eigenvalue weighted by molar-refractivity contribution is 0.0696. The Bertz CT molecular complexity index is 1500. The zero-order chi connectivity index (χ0) is 26.5. The van der Waals surface area contributed by atoms with E-state index in [0.717, 1.165) is 11.1 Å². The Morgan fingerprint density at radius 3 is 2.49 bits per heavy atom. The van der Waals surface area contributed by atoms with E-state index in [0.29, 0.717) is 39.4 Å². The first-order valence-electron chi connectivity index (χ1n) is 11.2. The van der Waals surface area contributed by atoms with E-state index in [1.165, 1.54) is 6.07 Å². The van der Waals surface area contributed by atoms with Gasteiger partial charge in [-0.2, -0.15) is 0 Å². The summed E-state index contributed by atoms with van der Waals surface area (Å²) in [6.07, 6.45) is 3.26. The number of carboxylic acids is 1. The van der Waals surface area contributed by atoms with Gasteiger partial charge in [-0.15, -0.1) is 10.2 Å². The van der Waals surface area contributed by atoms with Crippen molar-refractivity contribution >= 4 is 47.1 Å². The molecule has 0 radical (unpaired) electrons. The molecule has 0 saturated heterocycles. The zero-order valence-electron chi connectivity index (χ0n) is 20.3. The first-order valence-corrected chi connectivity index (χ1v) is 11.6. The van der Waals surface area contributed by atoms with Crippen molar-refractivity contribution in [1.82, 2.24) is 14.8 Å². The zero-order valence-corrected chi connectivity index (χ0v) is 21.1. The minimum atomic E-state index is -1.07. The highest BCUT2D eigenvalue weighted by Crippen LogP contribution is 2.26. The molecule has 0 aliphatic rings. The molecule has 10 heteroatoms. The van der Waals surface area contributed by atoms with Gasteiger partial charge >= 0.3 is 12.0 Å². The second-order valence-electron chi connectivity index (χ2n) is 8.14. The summed E-state index contributed by atoms with van der Waals surface area (Å²) in [7, 11) is 3.35. The fourth-order valence-electron chi connectivity index (χ4n) is 3.70. The third-order valence-corrected chi connectivity index (χ3v) is 5.92. The van der Waals surface area contributed by atoms with Gasteiger partial charge in [-0.05, 0) is 73.2 Å². The molecule has 0 bridgehead atoms. The Morgan fingerprint density at radius 1 is 1.03 bits per heavy atom. The average molecular weight is 518 g/mol. The molecule has 0 saturated carbocycles. The topological polar surface area (TPSA) is 118 Å². The van der Waals surface area contributed by atoms with E-state index in [1.807, 2.05) is 31.2 Å². The number of carbonyl (C=O) groups is 2. The van der Waals surface area contributed by atoms with Crippen molar-refractivity contribution in [3.63, 3.8) is 0 Å². The number of urea groups is 1. The molecule has 3 aromatic carbocycles. The second-order valence-corrected chi connectivity index (χ2v) is 8.55. The number of anilines is 2. The Morgan fingerprint density at radius 2 is 1.78 bits per heavy atom. The number of halogens is 1. The molecule has 0 aliphatic carbocycles. The van der Waals surface area contributed by atoms with Gasteiger partial charge in [0.25, 0.3) is 0 Å². The van der Waals surface area contributed by atoms with Gasteiger partial charge in [0.1, 0.15) is 5.75 Å². The Kier molecular flexibility index (Phi) is 7.55. The van der Waals surface area contributed by atoms with E-state index >= 15 is 0 Å².